The number of rotatable bonds is 8. The van der Waals surface area contributed by atoms with Crippen molar-refractivity contribution in [3.05, 3.63) is 172 Å². The van der Waals surface area contributed by atoms with Crippen molar-refractivity contribution in [1.82, 2.24) is 0 Å². The van der Waals surface area contributed by atoms with Crippen molar-refractivity contribution in [2.24, 2.45) is 0 Å². The van der Waals surface area contributed by atoms with Crippen molar-refractivity contribution >= 4 is 36.5 Å². The van der Waals surface area contributed by atoms with Gasteiger partial charge in [-0.15, -0.1) is 0 Å². The minimum absolute atomic E-state index is 0.297. The number of hydrogen-bond donors (Lipinski definition) is 1. The molecule has 5 rings (SSSR count). The highest BCUT2D eigenvalue weighted by Gasteiger charge is 2.15. The zero-order chi connectivity index (χ0) is 26.0. The summed E-state index contributed by atoms with van der Waals surface area (Å²) < 4.78 is 0. The van der Waals surface area contributed by atoms with E-state index in [0.29, 0.717) is 12.2 Å². The van der Waals surface area contributed by atoms with Gasteiger partial charge in [0.1, 0.15) is 5.75 Å². The van der Waals surface area contributed by atoms with E-state index < -0.39 is 0 Å². The molecule has 0 fully saturated rings. The van der Waals surface area contributed by atoms with Crippen molar-refractivity contribution in [2.45, 2.75) is 6.42 Å². The van der Waals surface area contributed by atoms with Gasteiger partial charge in [0, 0.05) is 12.0 Å². The minimum atomic E-state index is 0.297. The monoisotopic (exact) mass is 490 g/mol. The summed E-state index contributed by atoms with van der Waals surface area (Å²) >= 11 is 0. The Balaban J connectivity index is 1.69. The van der Waals surface area contributed by atoms with Gasteiger partial charge in [-0.3, -0.25) is 0 Å². The number of phenols is 1. The molecule has 0 radical (unpaired) electrons. The molecule has 0 aliphatic carbocycles. The first-order valence-corrected chi connectivity index (χ1v) is 12.9. The fourth-order valence-electron chi connectivity index (χ4n) is 4.51. The van der Waals surface area contributed by atoms with E-state index in [9.17, 15) is 5.11 Å². The molecule has 0 atom stereocenters. The van der Waals surface area contributed by atoms with Gasteiger partial charge in [-0.1, -0.05) is 158 Å². The van der Waals surface area contributed by atoms with E-state index in [1.54, 1.807) is 0 Å². The van der Waals surface area contributed by atoms with E-state index in [1.807, 2.05) is 78.9 Å². The maximum atomic E-state index is 11.3. The highest BCUT2D eigenvalue weighted by atomic mass is 16.3. The predicted octanol–water partition coefficient (Wildman–Crippen LogP) is 9.49. The van der Waals surface area contributed by atoms with Crippen molar-refractivity contribution in [2.75, 3.05) is 0 Å². The lowest BCUT2D eigenvalue weighted by atomic mass is 9.89. The Morgan fingerprint density at radius 1 is 0.447 bits per heavy atom. The number of hydrogen-bond acceptors (Lipinski definition) is 1. The summed E-state index contributed by atoms with van der Waals surface area (Å²) in [7, 11) is 0. The molecule has 0 amide bonds. The van der Waals surface area contributed by atoms with Gasteiger partial charge < -0.3 is 5.11 Å². The van der Waals surface area contributed by atoms with E-state index in [2.05, 4.69) is 85.0 Å². The molecule has 5 aromatic carbocycles. The SMILES string of the molecule is Oc1cc(C=Cc2ccccc2)c(C=Cc2ccccc2)c(C=Cc2ccccc2)c1Cc1ccccc1. The highest BCUT2D eigenvalue weighted by Crippen LogP contribution is 2.34. The van der Waals surface area contributed by atoms with Gasteiger partial charge in [0.15, 0.2) is 0 Å². The Morgan fingerprint density at radius 3 is 1.37 bits per heavy atom. The second kappa shape index (κ2) is 12.4. The summed E-state index contributed by atoms with van der Waals surface area (Å²) in [5.41, 5.74) is 8.45. The van der Waals surface area contributed by atoms with E-state index in [1.165, 1.54) is 0 Å². The Kier molecular flexibility index (Phi) is 8.08. The summed E-state index contributed by atoms with van der Waals surface area (Å²) in [5.74, 6) is 0.297. The molecule has 1 N–H and O–H groups in total. The number of benzene rings is 5. The summed E-state index contributed by atoms with van der Waals surface area (Å²) in [6.45, 7) is 0. The number of aromatic hydroxyl groups is 1. The van der Waals surface area contributed by atoms with E-state index in [-0.39, 0.29) is 0 Å². The Hall–Kier alpha value is -4.88. The zero-order valence-electron chi connectivity index (χ0n) is 21.2. The third-order valence-corrected chi connectivity index (χ3v) is 6.49. The van der Waals surface area contributed by atoms with Crippen molar-refractivity contribution in [3.8, 4) is 5.75 Å². The predicted molar refractivity (Wildman–Crippen MR) is 163 cm³/mol. The largest absolute Gasteiger partial charge is 0.508 e. The average Bonchev–Trinajstić information content (AvgIpc) is 2.98. The summed E-state index contributed by atoms with van der Waals surface area (Å²) in [4.78, 5) is 0. The average molecular weight is 491 g/mol. The van der Waals surface area contributed by atoms with Crippen LogP contribution in [0.4, 0.5) is 0 Å². The fourth-order valence-corrected chi connectivity index (χ4v) is 4.51. The quantitative estimate of drug-likeness (QED) is 0.215. The lowest BCUT2D eigenvalue weighted by Crippen LogP contribution is -1.98. The molecule has 38 heavy (non-hydrogen) atoms. The van der Waals surface area contributed by atoms with E-state index in [0.717, 1.165) is 44.5 Å². The molecule has 0 saturated carbocycles. The molecule has 5 aromatic rings. The first-order chi connectivity index (χ1) is 18.8. The van der Waals surface area contributed by atoms with Crippen LogP contribution in [0.1, 0.15) is 44.5 Å². The zero-order valence-corrected chi connectivity index (χ0v) is 21.2. The minimum Gasteiger partial charge on any atom is -0.508 e. The molecule has 0 unspecified atom stereocenters. The molecular weight excluding hydrogens is 460 g/mol. The second-order valence-electron chi connectivity index (χ2n) is 9.19. The van der Waals surface area contributed by atoms with Crippen LogP contribution in [-0.4, -0.2) is 5.11 Å². The van der Waals surface area contributed by atoms with Crippen LogP contribution in [0.3, 0.4) is 0 Å². The lowest BCUT2D eigenvalue weighted by Gasteiger charge is -2.16. The summed E-state index contributed by atoms with van der Waals surface area (Å²) in [5, 5.41) is 11.3. The maximum absolute atomic E-state index is 11.3. The van der Waals surface area contributed by atoms with Crippen LogP contribution in [-0.2, 0) is 6.42 Å². The van der Waals surface area contributed by atoms with Crippen LogP contribution in [0, 0.1) is 0 Å². The van der Waals surface area contributed by atoms with Crippen LogP contribution < -0.4 is 0 Å². The number of phenolic OH excluding ortho intramolecular Hbond substituents is 1. The van der Waals surface area contributed by atoms with Crippen molar-refractivity contribution in [3.63, 3.8) is 0 Å². The molecule has 1 heteroatoms. The van der Waals surface area contributed by atoms with Crippen LogP contribution in [0.5, 0.6) is 5.75 Å². The first-order valence-electron chi connectivity index (χ1n) is 12.9. The Labute approximate surface area is 225 Å². The van der Waals surface area contributed by atoms with Gasteiger partial charge in [0.05, 0.1) is 0 Å². The third kappa shape index (κ3) is 6.46. The van der Waals surface area contributed by atoms with Gasteiger partial charge >= 0.3 is 0 Å². The highest BCUT2D eigenvalue weighted by molar-refractivity contribution is 5.88. The normalized spacial score (nSPS) is 11.6. The molecule has 0 aromatic heterocycles. The van der Waals surface area contributed by atoms with Gasteiger partial charge in [0.25, 0.3) is 0 Å². The smallest absolute Gasteiger partial charge is 0.120 e. The van der Waals surface area contributed by atoms with Crippen LogP contribution >= 0.6 is 0 Å². The van der Waals surface area contributed by atoms with E-state index in [4.69, 9.17) is 0 Å². The Bertz CT molecular complexity index is 1550. The topological polar surface area (TPSA) is 20.2 Å². The van der Waals surface area contributed by atoms with Gasteiger partial charge in [-0.25, -0.2) is 0 Å². The lowest BCUT2D eigenvalue weighted by molar-refractivity contribution is 0.469. The van der Waals surface area contributed by atoms with Gasteiger partial charge in [0.2, 0.25) is 0 Å². The molecule has 0 saturated heterocycles. The summed E-state index contributed by atoms with van der Waals surface area (Å²) in [6, 6.07) is 43.0. The second-order valence-corrected chi connectivity index (χ2v) is 9.19. The van der Waals surface area contributed by atoms with Gasteiger partial charge in [-0.2, -0.15) is 0 Å². The van der Waals surface area contributed by atoms with Gasteiger partial charge in [-0.05, 0) is 45.0 Å². The maximum Gasteiger partial charge on any atom is 0.120 e. The molecular formula is C37H30O. The molecule has 1 nitrogen and oxygen atoms in total. The van der Waals surface area contributed by atoms with Crippen molar-refractivity contribution in [1.29, 1.82) is 0 Å². The molecule has 0 heterocycles. The third-order valence-electron chi connectivity index (χ3n) is 6.49. The van der Waals surface area contributed by atoms with E-state index >= 15 is 0 Å². The molecule has 0 bridgehead atoms. The Morgan fingerprint density at radius 2 is 0.868 bits per heavy atom. The fraction of sp³-hybridized carbons (Fsp3) is 0.0270. The first kappa shape index (κ1) is 24.8. The van der Waals surface area contributed by atoms with Crippen molar-refractivity contribution < 1.29 is 5.11 Å². The molecule has 0 spiro atoms. The standard InChI is InChI=1S/C37H30O/c38-37-28-33(24-21-29-13-5-1-6-14-29)34(25-22-30-15-7-2-8-16-30)35(26-23-31-17-9-3-10-18-31)36(37)27-32-19-11-4-12-20-32/h1-26,28,38H,27H2. The molecule has 184 valence electrons. The molecule has 0 aliphatic heterocycles. The van der Waals surface area contributed by atoms with Crippen LogP contribution in [0.25, 0.3) is 36.5 Å². The van der Waals surface area contributed by atoms with Crippen LogP contribution in [0.2, 0.25) is 0 Å². The summed E-state index contributed by atoms with van der Waals surface area (Å²) in [6.07, 6.45) is 13.4. The van der Waals surface area contributed by atoms with Crippen LogP contribution in [0.15, 0.2) is 127 Å². The molecule has 0 aliphatic rings.